The third kappa shape index (κ3) is 3.08. The maximum atomic E-state index is 13.7. The zero-order valence-corrected chi connectivity index (χ0v) is 13.8. The molecule has 0 aliphatic carbocycles. The summed E-state index contributed by atoms with van der Waals surface area (Å²) >= 11 is 0. The normalized spacial score (nSPS) is 11.7. The van der Waals surface area contributed by atoms with Crippen LogP contribution >= 0.6 is 0 Å². The van der Waals surface area contributed by atoms with E-state index in [9.17, 15) is 4.39 Å². The highest BCUT2D eigenvalue weighted by Crippen LogP contribution is 2.26. The molecule has 3 rings (SSSR count). The number of aryl methyl sites for hydroxylation is 1. The lowest BCUT2D eigenvalue weighted by molar-refractivity contribution is 0.612. The number of guanidine groups is 1. The molecule has 0 atom stereocenters. The van der Waals surface area contributed by atoms with Gasteiger partial charge in [-0.25, -0.2) is 9.38 Å². The zero-order chi connectivity index (χ0) is 17.1. The largest absolute Gasteiger partial charge is 0.369 e. The van der Waals surface area contributed by atoms with Crippen molar-refractivity contribution in [3.63, 3.8) is 0 Å². The first kappa shape index (κ1) is 16.0. The van der Waals surface area contributed by atoms with Crippen molar-refractivity contribution in [1.29, 1.82) is 0 Å². The van der Waals surface area contributed by atoms with Crippen LogP contribution < -0.4 is 10.6 Å². The number of benzene rings is 3. The number of aliphatic imine (C=N–C) groups is 1. The molecular formula is C20H20FN3. The molecule has 4 heteroatoms. The van der Waals surface area contributed by atoms with Gasteiger partial charge >= 0.3 is 0 Å². The van der Waals surface area contributed by atoms with Crippen LogP contribution in [0.5, 0.6) is 0 Å². The summed E-state index contributed by atoms with van der Waals surface area (Å²) in [6.45, 7) is 1.93. The van der Waals surface area contributed by atoms with E-state index in [0.29, 0.717) is 17.9 Å². The number of fused-ring (bicyclic) bond motifs is 1. The summed E-state index contributed by atoms with van der Waals surface area (Å²) in [7, 11) is 1.83. The Balaban J connectivity index is 1.98. The SMILES string of the molecule is CCc1cc(N(C)C(N)=Nc2cccc3ccccc23)ccc1F. The molecule has 0 spiro atoms. The predicted octanol–water partition coefficient (Wildman–Crippen LogP) is 4.62. The Labute approximate surface area is 141 Å². The van der Waals surface area contributed by atoms with Gasteiger partial charge in [0.15, 0.2) is 0 Å². The van der Waals surface area contributed by atoms with Gasteiger partial charge in [0, 0.05) is 18.1 Å². The number of hydrogen-bond acceptors (Lipinski definition) is 1. The Morgan fingerprint density at radius 2 is 1.83 bits per heavy atom. The second-order valence-electron chi connectivity index (χ2n) is 5.66. The fourth-order valence-electron chi connectivity index (χ4n) is 2.68. The molecule has 0 saturated carbocycles. The quantitative estimate of drug-likeness (QED) is 0.565. The predicted molar refractivity (Wildman–Crippen MR) is 99.4 cm³/mol. The van der Waals surface area contributed by atoms with Gasteiger partial charge in [-0.15, -0.1) is 0 Å². The minimum atomic E-state index is -0.195. The summed E-state index contributed by atoms with van der Waals surface area (Å²) in [6, 6.07) is 19.0. The van der Waals surface area contributed by atoms with Crippen molar-refractivity contribution in [3.05, 3.63) is 72.0 Å². The smallest absolute Gasteiger partial charge is 0.200 e. The molecule has 0 aliphatic heterocycles. The fraction of sp³-hybridized carbons (Fsp3) is 0.150. The van der Waals surface area contributed by atoms with Crippen LogP contribution in [0.25, 0.3) is 10.8 Å². The Kier molecular flexibility index (Phi) is 4.47. The van der Waals surface area contributed by atoms with Crippen molar-refractivity contribution >= 4 is 28.1 Å². The minimum Gasteiger partial charge on any atom is -0.369 e. The zero-order valence-electron chi connectivity index (χ0n) is 13.8. The van der Waals surface area contributed by atoms with Crippen LogP contribution in [0.4, 0.5) is 15.8 Å². The Morgan fingerprint density at radius 1 is 1.08 bits per heavy atom. The number of nitrogens with zero attached hydrogens (tertiary/aromatic N) is 2. The van der Waals surface area contributed by atoms with Crippen LogP contribution in [0.3, 0.4) is 0 Å². The molecule has 0 heterocycles. The monoisotopic (exact) mass is 321 g/mol. The summed E-state index contributed by atoms with van der Waals surface area (Å²) in [5.74, 6) is 0.166. The molecule has 0 aromatic heterocycles. The molecular weight excluding hydrogens is 301 g/mol. The van der Waals surface area contributed by atoms with Gasteiger partial charge in [-0.2, -0.15) is 0 Å². The van der Waals surface area contributed by atoms with Gasteiger partial charge < -0.3 is 10.6 Å². The third-order valence-corrected chi connectivity index (χ3v) is 4.14. The molecule has 3 aromatic rings. The van der Waals surface area contributed by atoms with E-state index in [4.69, 9.17) is 5.73 Å². The van der Waals surface area contributed by atoms with E-state index in [1.807, 2.05) is 56.4 Å². The van der Waals surface area contributed by atoms with E-state index in [-0.39, 0.29) is 5.82 Å². The first-order chi connectivity index (χ1) is 11.6. The van der Waals surface area contributed by atoms with E-state index in [1.54, 1.807) is 17.0 Å². The van der Waals surface area contributed by atoms with Crippen LogP contribution in [0.1, 0.15) is 12.5 Å². The Hall–Kier alpha value is -2.88. The highest BCUT2D eigenvalue weighted by atomic mass is 19.1. The molecule has 3 aromatic carbocycles. The summed E-state index contributed by atoms with van der Waals surface area (Å²) in [5.41, 5.74) is 8.48. The molecule has 0 unspecified atom stereocenters. The lowest BCUT2D eigenvalue weighted by atomic mass is 10.1. The Morgan fingerprint density at radius 3 is 2.62 bits per heavy atom. The lowest BCUT2D eigenvalue weighted by Crippen LogP contribution is -2.33. The van der Waals surface area contributed by atoms with E-state index < -0.39 is 0 Å². The maximum absolute atomic E-state index is 13.7. The van der Waals surface area contributed by atoms with Gasteiger partial charge in [0.05, 0.1) is 5.69 Å². The molecule has 0 fully saturated rings. The molecule has 0 aliphatic rings. The van der Waals surface area contributed by atoms with Crippen LogP contribution in [-0.4, -0.2) is 13.0 Å². The summed E-state index contributed by atoms with van der Waals surface area (Å²) < 4.78 is 13.7. The van der Waals surface area contributed by atoms with Crippen LogP contribution in [0.15, 0.2) is 65.7 Å². The van der Waals surface area contributed by atoms with E-state index in [1.165, 1.54) is 6.07 Å². The molecule has 0 amide bonds. The van der Waals surface area contributed by atoms with Crippen molar-refractivity contribution in [2.24, 2.45) is 10.7 Å². The average molecular weight is 321 g/mol. The molecule has 0 bridgehead atoms. The van der Waals surface area contributed by atoms with Crippen molar-refractivity contribution in [2.75, 3.05) is 11.9 Å². The highest BCUT2D eigenvalue weighted by molar-refractivity contribution is 6.00. The summed E-state index contributed by atoms with van der Waals surface area (Å²) in [4.78, 5) is 6.33. The van der Waals surface area contributed by atoms with Gasteiger partial charge in [-0.1, -0.05) is 43.3 Å². The van der Waals surface area contributed by atoms with Gasteiger partial charge in [-0.05, 0) is 41.6 Å². The Bertz CT molecular complexity index is 897. The average Bonchev–Trinajstić information content (AvgIpc) is 2.62. The van der Waals surface area contributed by atoms with Gasteiger partial charge in [-0.3, -0.25) is 0 Å². The van der Waals surface area contributed by atoms with Crippen molar-refractivity contribution in [2.45, 2.75) is 13.3 Å². The van der Waals surface area contributed by atoms with Gasteiger partial charge in [0.25, 0.3) is 0 Å². The maximum Gasteiger partial charge on any atom is 0.200 e. The molecule has 0 radical (unpaired) electrons. The first-order valence-electron chi connectivity index (χ1n) is 7.94. The molecule has 122 valence electrons. The van der Waals surface area contributed by atoms with Crippen molar-refractivity contribution < 1.29 is 4.39 Å². The molecule has 3 nitrogen and oxygen atoms in total. The number of halogens is 1. The van der Waals surface area contributed by atoms with Gasteiger partial charge in [0.1, 0.15) is 5.82 Å². The molecule has 24 heavy (non-hydrogen) atoms. The lowest BCUT2D eigenvalue weighted by Gasteiger charge is -2.19. The number of rotatable bonds is 3. The third-order valence-electron chi connectivity index (χ3n) is 4.14. The first-order valence-corrected chi connectivity index (χ1v) is 7.94. The summed E-state index contributed by atoms with van der Waals surface area (Å²) in [6.07, 6.45) is 0.633. The van der Waals surface area contributed by atoms with Gasteiger partial charge in [0.2, 0.25) is 5.96 Å². The van der Waals surface area contributed by atoms with Crippen molar-refractivity contribution in [1.82, 2.24) is 0 Å². The van der Waals surface area contributed by atoms with Crippen LogP contribution in [0, 0.1) is 5.82 Å². The number of nitrogens with two attached hydrogens (primary N) is 1. The van der Waals surface area contributed by atoms with E-state index in [2.05, 4.69) is 4.99 Å². The second kappa shape index (κ2) is 6.71. The summed E-state index contributed by atoms with van der Waals surface area (Å²) in [5, 5.41) is 2.16. The minimum absolute atomic E-state index is 0.195. The van der Waals surface area contributed by atoms with E-state index in [0.717, 1.165) is 22.1 Å². The molecule has 0 saturated heterocycles. The number of hydrogen-bond donors (Lipinski definition) is 1. The second-order valence-corrected chi connectivity index (χ2v) is 5.66. The topological polar surface area (TPSA) is 41.6 Å². The van der Waals surface area contributed by atoms with Crippen LogP contribution in [-0.2, 0) is 6.42 Å². The fourth-order valence-corrected chi connectivity index (χ4v) is 2.68. The number of anilines is 1. The van der Waals surface area contributed by atoms with Crippen LogP contribution in [0.2, 0.25) is 0 Å². The molecule has 2 N–H and O–H groups in total. The van der Waals surface area contributed by atoms with E-state index >= 15 is 0 Å². The highest BCUT2D eigenvalue weighted by Gasteiger charge is 2.09. The van der Waals surface area contributed by atoms with Crippen molar-refractivity contribution in [3.8, 4) is 0 Å². The standard InChI is InChI=1S/C20H20FN3/c1-3-14-13-16(11-12-18(14)21)24(2)20(22)23-19-10-6-8-15-7-4-5-9-17(15)19/h4-13H,3H2,1-2H3,(H2,22,23).